The molecule has 7 heteroatoms. The van der Waals surface area contributed by atoms with Gasteiger partial charge >= 0.3 is 5.97 Å². The standard InChI is InChI=1S/C9H8F3NO3/c1-16-5-2-4(3-6(14)15)13-8(7(5)10)9(11)12/h2,9H,3H2,1H3,(H,14,15). The Balaban J connectivity index is 3.22. The molecule has 0 aliphatic rings. The molecule has 1 rings (SSSR count). The van der Waals surface area contributed by atoms with Crippen LogP contribution >= 0.6 is 0 Å². The Labute approximate surface area is 88.7 Å². The van der Waals surface area contributed by atoms with Gasteiger partial charge in [-0.2, -0.15) is 0 Å². The summed E-state index contributed by atoms with van der Waals surface area (Å²) in [7, 11) is 1.10. The zero-order valence-electron chi connectivity index (χ0n) is 8.21. The fourth-order valence-electron chi connectivity index (χ4n) is 1.12. The van der Waals surface area contributed by atoms with E-state index in [1.165, 1.54) is 0 Å². The highest BCUT2D eigenvalue weighted by molar-refractivity contribution is 5.69. The molecular weight excluding hydrogens is 227 g/mol. The van der Waals surface area contributed by atoms with Gasteiger partial charge < -0.3 is 9.84 Å². The third-order valence-electron chi connectivity index (χ3n) is 1.76. The number of ether oxygens (including phenoxy) is 1. The van der Waals surface area contributed by atoms with Crippen LogP contribution in [0.2, 0.25) is 0 Å². The van der Waals surface area contributed by atoms with Gasteiger partial charge in [-0.05, 0) is 0 Å². The van der Waals surface area contributed by atoms with Gasteiger partial charge in [-0.15, -0.1) is 0 Å². The van der Waals surface area contributed by atoms with E-state index in [-0.39, 0.29) is 5.69 Å². The predicted octanol–water partition coefficient (Wildman–Crippen LogP) is 1.79. The molecule has 0 atom stereocenters. The molecule has 1 heterocycles. The summed E-state index contributed by atoms with van der Waals surface area (Å²) in [6.07, 6.45) is -3.70. The zero-order chi connectivity index (χ0) is 12.3. The number of alkyl halides is 2. The average molecular weight is 235 g/mol. The lowest BCUT2D eigenvalue weighted by Crippen LogP contribution is -2.07. The van der Waals surface area contributed by atoms with Crippen LogP contribution in [0, 0.1) is 5.82 Å². The monoisotopic (exact) mass is 235 g/mol. The Hall–Kier alpha value is -1.79. The van der Waals surface area contributed by atoms with E-state index in [9.17, 15) is 18.0 Å². The fraction of sp³-hybridized carbons (Fsp3) is 0.333. The number of carboxylic acid groups (broad SMARTS) is 1. The summed E-state index contributed by atoms with van der Waals surface area (Å²) in [5, 5.41) is 8.47. The second kappa shape index (κ2) is 4.82. The lowest BCUT2D eigenvalue weighted by Gasteiger charge is -2.08. The van der Waals surface area contributed by atoms with E-state index in [0.717, 1.165) is 13.2 Å². The summed E-state index contributed by atoms with van der Waals surface area (Å²) < 4.78 is 42.5. The number of rotatable bonds is 4. The van der Waals surface area contributed by atoms with Crippen LogP contribution in [0.15, 0.2) is 6.07 Å². The summed E-state index contributed by atoms with van der Waals surface area (Å²) >= 11 is 0. The van der Waals surface area contributed by atoms with Crippen molar-refractivity contribution in [2.24, 2.45) is 0 Å². The van der Waals surface area contributed by atoms with Crippen LogP contribution in [0.5, 0.6) is 5.75 Å². The first-order valence-corrected chi connectivity index (χ1v) is 4.19. The van der Waals surface area contributed by atoms with Gasteiger partial charge in [0.1, 0.15) is 5.69 Å². The number of halogens is 3. The molecule has 1 N–H and O–H groups in total. The lowest BCUT2D eigenvalue weighted by atomic mass is 10.2. The second-order valence-corrected chi connectivity index (χ2v) is 2.89. The van der Waals surface area contributed by atoms with Crippen LogP contribution in [0.3, 0.4) is 0 Å². The summed E-state index contributed by atoms with van der Waals surface area (Å²) in [6, 6.07) is 0.981. The maximum atomic E-state index is 13.2. The van der Waals surface area contributed by atoms with Crippen LogP contribution in [-0.2, 0) is 11.2 Å². The molecule has 0 aliphatic carbocycles. The molecular formula is C9H8F3NO3. The first-order chi connectivity index (χ1) is 7.45. The molecule has 0 bridgehead atoms. The van der Waals surface area contributed by atoms with Gasteiger partial charge in [0.05, 0.1) is 19.2 Å². The molecule has 4 nitrogen and oxygen atoms in total. The number of hydrogen-bond acceptors (Lipinski definition) is 3. The van der Waals surface area contributed by atoms with Gasteiger partial charge in [0, 0.05) is 6.07 Å². The summed E-state index contributed by atoms with van der Waals surface area (Å²) in [5.41, 5.74) is -1.28. The zero-order valence-corrected chi connectivity index (χ0v) is 8.21. The molecule has 0 unspecified atom stereocenters. The Bertz CT molecular complexity index is 409. The minimum absolute atomic E-state index is 0.180. The quantitative estimate of drug-likeness (QED) is 0.864. The van der Waals surface area contributed by atoms with Crippen molar-refractivity contribution in [1.29, 1.82) is 0 Å². The molecule has 0 amide bonds. The molecule has 0 aromatic carbocycles. The number of pyridine rings is 1. The lowest BCUT2D eigenvalue weighted by molar-refractivity contribution is -0.136. The fourth-order valence-corrected chi connectivity index (χ4v) is 1.12. The van der Waals surface area contributed by atoms with Crippen molar-refractivity contribution in [3.8, 4) is 5.75 Å². The third-order valence-corrected chi connectivity index (χ3v) is 1.76. The van der Waals surface area contributed by atoms with Crippen LogP contribution in [0.1, 0.15) is 17.8 Å². The van der Waals surface area contributed by atoms with E-state index in [0.29, 0.717) is 0 Å². The molecule has 16 heavy (non-hydrogen) atoms. The maximum absolute atomic E-state index is 13.2. The minimum Gasteiger partial charge on any atom is -0.494 e. The highest BCUT2D eigenvalue weighted by atomic mass is 19.3. The summed E-state index contributed by atoms with van der Waals surface area (Å²) in [6.45, 7) is 0. The van der Waals surface area contributed by atoms with E-state index in [4.69, 9.17) is 5.11 Å². The molecule has 1 aromatic rings. The van der Waals surface area contributed by atoms with Gasteiger partial charge in [0.25, 0.3) is 6.43 Å². The predicted molar refractivity (Wildman–Crippen MR) is 47.0 cm³/mol. The van der Waals surface area contributed by atoms with Crippen molar-refractivity contribution >= 4 is 5.97 Å². The second-order valence-electron chi connectivity index (χ2n) is 2.89. The van der Waals surface area contributed by atoms with Crippen molar-refractivity contribution in [2.45, 2.75) is 12.8 Å². The molecule has 88 valence electrons. The van der Waals surface area contributed by atoms with Crippen molar-refractivity contribution in [1.82, 2.24) is 4.98 Å². The van der Waals surface area contributed by atoms with E-state index < -0.39 is 36.1 Å². The number of methoxy groups -OCH3 is 1. The highest BCUT2D eigenvalue weighted by Gasteiger charge is 2.21. The van der Waals surface area contributed by atoms with Crippen molar-refractivity contribution in [3.63, 3.8) is 0 Å². The largest absolute Gasteiger partial charge is 0.494 e. The van der Waals surface area contributed by atoms with E-state index in [1.807, 2.05) is 0 Å². The van der Waals surface area contributed by atoms with E-state index in [2.05, 4.69) is 9.72 Å². The van der Waals surface area contributed by atoms with Crippen LogP contribution < -0.4 is 4.74 Å². The average Bonchev–Trinajstić information content (AvgIpc) is 2.19. The van der Waals surface area contributed by atoms with Gasteiger partial charge in [0.2, 0.25) is 0 Å². The van der Waals surface area contributed by atoms with Gasteiger partial charge in [0.15, 0.2) is 11.6 Å². The maximum Gasteiger partial charge on any atom is 0.309 e. The Morgan fingerprint density at radius 2 is 2.25 bits per heavy atom. The minimum atomic E-state index is -3.12. The van der Waals surface area contributed by atoms with Crippen LogP contribution in [0.25, 0.3) is 0 Å². The van der Waals surface area contributed by atoms with E-state index in [1.54, 1.807) is 0 Å². The Morgan fingerprint density at radius 1 is 1.62 bits per heavy atom. The summed E-state index contributed by atoms with van der Waals surface area (Å²) in [5.74, 6) is -2.96. The topological polar surface area (TPSA) is 59.4 Å². The highest BCUT2D eigenvalue weighted by Crippen LogP contribution is 2.27. The van der Waals surface area contributed by atoms with Gasteiger partial charge in [-0.3, -0.25) is 4.79 Å². The first-order valence-electron chi connectivity index (χ1n) is 4.19. The van der Waals surface area contributed by atoms with Gasteiger partial charge in [-0.25, -0.2) is 18.2 Å². The molecule has 0 saturated heterocycles. The Kier molecular flexibility index (Phi) is 3.70. The van der Waals surface area contributed by atoms with Crippen molar-refractivity contribution in [3.05, 3.63) is 23.3 Å². The molecule has 0 fully saturated rings. The first kappa shape index (κ1) is 12.3. The molecule has 1 aromatic heterocycles. The number of hydrogen-bond donors (Lipinski definition) is 1. The number of carbonyl (C=O) groups is 1. The number of aromatic nitrogens is 1. The molecule has 0 radical (unpaired) electrons. The van der Waals surface area contributed by atoms with Crippen LogP contribution in [0.4, 0.5) is 13.2 Å². The molecule has 0 spiro atoms. The number of aliphatic carboxylic acids is 1. The SMILES string of the molecule is COc1cc(CC(=O)O)nc(C(F)F)c1F. The third kappa shape index (κ3) is 2.62. The normalized spacial score (nSPS) is 10.6. The Morgan fingerprint density at radius 3 is 2.69 bits per heavy atom. The van der Waals surface area contributed by atoms with Crippen LogP contribution in [-0.4, -0.2) is 23.2 Å². The number of nitrogens with zero attached hydrogens (tertiary/aromatic N) is 1. The molecule has 0 saturated carbocycles. The number of carboxylic acids is 1. The van der Waals surface area contributed by atoms with Crippen molar-refractivity contribution < 1.29 is 27.8 Å². The van der Waals surface area contributed by atoms with Crippen molar-refractivity contribution in [2.75, 3.05) is 7.11 Å². The molecule has 0 aliphatic heterocycles. The van der Waals surface area contributed by atoms with Gasteiger partial charge in [-0.1, -0.05) is 0 Å². The smallest absolute Gasteiger partial charge is 0.309 e. The summed E-state index contributed by atoms with van der Waals surface area (Å²) in [4.78, 5) is 13.6. The van der Waals surface area contributed by atoms with E-state index >= 15 is 0 Å².